The number of nitrogens with zero attached hydrogens (tertiary/aromatic N) is 2. The van der Waals surface area contributed by atoms with Crippen LogP contribution in [0.3, 0.4) is 0 Å². The lowest BCUT2D eigenvalue weighted by Crippen LogP contribution is -2.13. The number of furan rings is 1. The van der Waals surface area contributed by atoms with Crippen molar-refractivity contribution in [1.82, 2.24) is 0 Å². The number of phenolic OH excluding ortho intramolecular Hbond substituents is 1. The molecule has 4 heteroatoms. The van der Waals surface area contributed by atoms with Gasteiger partial charge >= 0.3 is 0 Å². The standard InChI is InChI=1S/C71H56N2O2/c1-42-27-35-60(47(6)39-42)72(64-25-13-21-54(69(64)74)51-18-11-19-52(41-51)66-45(4)16-10-17-46(66)5)62-37-31-49-30-34-59-63(38-32-50-29-33-58(62)67(49)68(50)59)73(61-36-28-43(2)40-48(61)7)65-26-14-24-57-56-23-12-22-55(70(56)75-71(57)65)53-20-9-8-15-44(53)3/h8-41,74H,1-7H3. The monoisotopic (exact) mass is 968 g/mol. The van der Waals surface area contributed by atoms with E-state index in [4.69, 9.17) is 4.42 Å². The van der Waals surface area contributed by atoms with Crippen LogP contribution in [0.1, 0.15) is 38.9 Å². The fraction of sp³-hybridized carbons (Fsp3) is 0.0986. The number of benzene rings is 12. The van der Waals surface area contributed by atoms with Crippen molar-refractivity contribution in [2.45, 2.75) is 48.5 Å². The van der Waals surface area contributed by atoms with E-state index in [9.17, 15) is 5.11 Å². The molecule has 0 bridgehead atoms. The number of hydrogen-bond acceptors (Lipinski definition) is 4. The third kappa shape index (κ3) is 7.42. The van der Waals surface area contributed by atoms with E-state index in [0.29, 0.717) is 5.69 Å². The normalized spacial score (nSPS) is 11.7. The highest BCUT2D eigenvalue weighted by Gasteiger charge is 2.27. The molecule has 0 aliphatic rings. The summed E-state index contributed by atoms with van der Waals surface area (Å²) in [7, 11) is 0. The number of aryl methyl sites for hydroxylation is 7. The molecule has 13 aromatic rings. The largest absolute Gasteiger partial charge is 0.505 e. The summed E-state index contributed by atoms with van der Waals surface area (Å²) in [6, 6.07) is 74.3. The highest BCUT2D eigenvalue weighted by Crippen LogP contribution is 2.52. The van der Waals surface area contributed by atoms with Crippen LogP contribution in [0.4, 0.5) is 34.1 Å². The minimum atomic E-state index is 0.221. The molecular formula is C71H56N2O2. The molecule has 0 aliphatic heterocycles. The minimum absolute atomic E-state index is 0.221. The zero-order valence-corrected chi connectivity index (χ0v) is 43.4. The van der Waals surface area contributed by atoms with Crippen molar-refractivity contribution in [3.05, 3.63) is 245 Å². The maximum absolute atomic E-state index is 12.8. The van der Waals surface area contributed by atoms with Gasteiger partial charge < -0.3 is 19.3 Å². The third-order valence-electron chi connectivity index (χ3n) is 15.7. The van der Waals surface area contributed by atoms with Crippen molar-refractivity contribution in [3.63, 3.8) is 0 Å². The summed E-state index contributed by atoms with van der Waals surface area (Å²) in [6.07, 6.45) is 0. The van der Waals surface area contributed by atoms with E-state index >= 15 is 0 Å². The average Bonchev–Trinajstić information content (AvgIpc) is 3.84. The second-order valence-electron chi connectivity index (χ2n) is 20.6. The molecule has 362 valence electrons. The van der Waals surface area contributed by atoms with E-state index in [1.165, 1.54) is 55.3 Å². The van der Waals surface area contributed by atoms with Crippen LogP contribution in [-0.4, -0.2) is 5.11 Å². The molecule has 0 saturated heterocycles. The van der Waals surface area contributed by atoms with Crippen LogP contribution in [-0.2, 0) is 0 Å². The molecule has 0 saturated carbocycles. The van der Waals surface area contributed by atoms with Crippen molar-refractivity contribution >= 4 is 88.4 Å². The lowest BCUT2D eigenvalue weighted by atomic mass is 9.91. The van der Waals surface area contributed by atoms with Gasteiger partial charge in [0.2, 0.25) is 0 Å². The molecule has 0 aliphatic carbocycles. The Hall–Kier alpha value is -9.12. The number of phenols is 1. The molecule has 0 spiro atoms. The van der Waals surface area contributed by atoms with Crippen LogP contribution in [0.25, 0.3) is 87.6 Å². The number of anilines is 6. The zero-order chi connectivity index (χ0) is 51.2. The first-order valence-corrected chi connectivity index (χ1v) is 26.0. The molecule has 12 aromatic carbocycles. The SMILES string of the molecule is Cc1ccc(N(c2cccc(-c3cccc(-c4c(C)cccc4C)c3)c2O)c2ccc3ccc4c(N(c5ccc(C)cc5C)c5cccc6c5oc5c(-c7ccccc7C)cccc56)ccc5ccc2c3c54)c(C)c1. The fourth-order valence-electron chi connectivity index (χ4n) is 12.2. The number of rotatable bonds is 9. The first kappa shape index (κ1) is 45.7. The van der Waals surface area contributed by atoms with Gasteiger partial charge in [-0.2, -0.15) is 0 Å². The van der Waals surface area contributed by atoms with E-state index in [1.54, 1.807) is 0 Å². The molecule has 75 heavy (non-hydrogen) atoms. The zero-order valence-electron chi connectivity index (χ0n) is 43.4. The molecule has 1 heterocycles. The van der Waals surface area contributed by atoms with Gasteiger partial charge in [0, 0.05) is 44.0 Å². The Morgan fingerprint density at radius 3 is 1.44 bits per heavy atom. The molecule has 0 atom stereocenters. The molecule has 1 N–H and O–H groups in total. The molecule has 0 amide bonds. The highest BCUT2D eigenvalue weighted by molar-refractivity contribution is 6.28. The molecule has 13 rings (SSSR count). The fourth-order valence-corrected chi connectivity index (χ4v) is 12.2. The summed E-state index contributed by atoms with van der Waals surface area (Å²) in [5, 5.41) is 21.8. The third-order valence-corrected chi connectivity index (χ3v) is 15.7. The van der Waals surface area contributed by atoms with Gasteiger partial charge in [-0.3, -0.25) is 0 Å². The molecule has 0 unspecified atom stereocenters. The van der Waals surface area contributed by atoms with Gasteiger partial charge in [-0.1, -0.05) is 175 Å². The Labute approximate surface area is 438 Å². The van der Waals surface area contributed by atoms with Crippen molar-refractivity contribution < 1.29 is 9.52 Å². The van der Waals surface area contributed by atoms with Gasteiger partial charge in [0.1, 0.15) is 11.3 Å². The van der Waals surface area contributed by atoms with Crippen LogP contribution >= 0.6 is 0 Å². The number of fused-ring (bicyclic) bond motifs is 3. The summed E-state index contributed by atoms with van der Waals surface area (Å²) in [6.45, 7) is 15.2. The van der Waals surface area contributed by atoms with Crippen LogP contribution < -0.4 is 9.80 Å². The predicted molar refractivity (Wildman–Crippen MR) is 318 cm³/mol. The van der Waals surface area contributed by atoms with E-state index in [2.05, 4.69) is 252 Å². The Balaban J connectivity index is 1.03. The lowest BCUT2D eigenvalue weighted by molar-refractivity contribution is 0.478. The molecule has 0 radical (unpaired) electrons. The molecule has 0 fully saturated rings. The van der Waals surface area contributed by atoms with Gasteiger partial charge in [-0.05, 0) is 163 Å². The summed E-state index contributed by atoms with van der Waals surface area (Å²) < 4.78 is 7.19. The number of aromatic hydroxyl groups is 1. The van der Waals surface area contributed by atoms with Gasteiger partial charge in [0.15, 0.2) is 5.58 Å². The molecule has 4 nitrogen and oxygen atoms in total. The second-order valence-corrected chi connectivity index (χ2v) is 20.6. The predicted octanol–water partition coefficient (Wildman–Crippen LogP) is 20.3. The van der Waals surface area contributed by atoms with Crippen molar-refractivity contribution in [2.24, 2.45) is 0 Å². The maximum atomic E-state index is 12.8. The van der Waals surface area contributed by atoms with Crippen molar-refractivity contribution in [3.8, 4) is 39.1 Å². The van der Waals surface area contributed by atoms with Gasteiger partial charge in [-0.25, -0.2) is 0 Å². The summed E-state index contributed by atoms with van der Waals surface area (Å²) in [4.78, 5) is 4.69. The second kappa shape index (κ2) is 17.8. The Bertz CT molecular complexity index is 4400. The Kier molecular flexibility index (Phi) is 10.9. The van der Waals surface area contributed by atoms with Crippen molar-refractivity contribution in [2.75, 3.05) is 9.80 Å². The smallest absolute Gasteiger partial charge is 0.159 e. The van der Waals surface area contributed by atoms with E-state index in [1.807, 2.05) is 12.1 Å². The first-order valence-electron chi connectivity index (χ1n) is 26.0. The van der Waals surface area contributed by atoms with E-state index in [-0.39, 0.29) is 5.75 Å². The maximum Gasteiger partial charge on any atom is 0.159 e. The van der Waals surface area contributed by atoms with E-state index in [0.717, 1.165) is 99.7 Å². The topological polar surface area (TPSA) is 39.9 Å². The van der Waals surface area contributed by atoms with Gasteiger partial charge in [0.05, 0.1) is 22.7 Å². The van der Waals surface area contributed by atoms with E-state index < -0.39 is 0 Å². The van der Waals surface area contributed by atoms with Crippen LogP contribution in [0.15, 0.2) is 211 Å². The van der Waals surface area contributed by atoms with Crippen LogP contribution in [0.2, 0.25) is 0 Å². The molecular weight excluding hydrogens is 913 g/mol. The quantitative estimate of drug-likeness (QED) is 0.146. The summed E-state index contributed by atoms with van der Waals surface area (Å²) in [5.74, 6) is 0.221. The van der Waals surface area contributed by atoms with Gasteiger partial charge in [0.25, 0.3) is 0 Å². The van der Waals surface area contributed by atoms with Gasteiger partial charge in [-0.15, -0.1) is 0 Å². The highest BCUT2D eigenvalue weighted by atomic mass is 16.3. The summed E-state index contributed by atoms with van der Waals surface area (Å²) >= 11 is 0. The van der Waals surface area contributed by atoms with Crippen molar-refractivity contribution in [1.29, 1.82) is 0 Å². The van der Waals surface area contributed by atoms with Crippen LogP contribution in [0.5, 0.6) is 5.75 Å². The first-order chi connectivity index (χ1) is 36.5. The Morgan fingerprint density at radius 2 is 0.800 bits per heavy atom. The minimum Gasteiger partial charge on any atom is -0.505 e. The number of para-hydroxylation sites is 3. The average molecular weight is 969 g/mol. The Morgan fingerprint density at radius 1 is 0.320 bits per heavy atom. The summed E-state index contributed by atoms with van der Waals surface area (Å²) in [5.41, 5.74) is 22.2. The molecule has 1 aromatic heterocycles. The number of hydrogen-bond donors (Lipinski definition) is 1. The van der Waals surface area contributed by atoms with Crippen LogP contribution in [0, 0.1) is 48.5 Å². The lowest BCUT2D eigenvalue weighted by Gasteiger charge is -2.31.